The van der Waals surface area contributed by atoms with Crippen LogP contribution in [0.25, 0.3) is 16.2 Å². The zero-order valence-corrected chi connectivity index (χ0v) is 20.9. The molecule has 3 amide bonds. The molecule has 0 aliphatic carbocycles. The summed E-state index contributed by atoms with van der Waals surface area (Å²) >= 11 is 1.51. The number of hydrogen-bond donors (Lipinski definition) is 2. The van der Waals surface area contributed by atoms with Crippen molar-refractivity contribution in [2.75, 3.05) is 38.5 Å². The maximum absolute atomic E-state index is 13.5. The minimum atomic E-state index is -0.966. The zero-order chi connectivity index (χ0) is 25.4. The molecule has 0 radical (unpaired) electrons. The van der Waals surface area contributed by atoms with E-state index in [1.54, 1.807) is 40.5 Å². The predicted molar refractivity (Wildman–Crippen MR) is 133 cm³/mol. The van der Waals surface area contributed by atoms with Crippen LogP contribution in [0.5, 0.6) is 0 Å². The number of thiazole rings is 1. The van der Waals surface area contributed by atoms with Crippen LogP contribution in [0, 0.1) is 0 Å². The average molecular weight is 513 g/mol. The van der Waals surface area contributed by atoms with Gasteiger partial charge in [-0.1, -0.05) is 0 Å². The molecule has 2 aliphatic rings. The van der Waals surface area contributed by atoms with Crippen LogP contribution in [0.15, 0.2) is 23.8 Å². The molecule has 36 heavy (non-hydrogen) atoms. The van der Waals surface area contributed by atoms with E-state index in [1.807, 2.05) is 11.6 Å². The molecule has 5 rings (SSSR count). The predicted octanol–water partition coefficient (Wildman–Crippen LogP) is 2.10. The number of aromatic nitrogens is 4. The third kappa shape index (κ3) is 4.70. The summed E-state index contributed by atoms with van der Waals surface area (Å²) in [7, 11) is 1.56. The Morgan fingerprint density at radius 3 is 2.58 bits per heavy atom. The molecule has 5 heterocycles. The van der Waals surface area contributed by atoms with Crippen molar-refractivity contribution in [2.24, 2.45) is 0 Å². The Hall–Kier alpha value is -3.74. The highest BCUT2D eigenvalue weighted by atomic mass is 32.1. The molecular formula is C23H28N8O4S. The average Bonchev–Trinajstić information content (AvgIpc) is 3.60. The minimum Gasteiger partial charge on any atom is -0.465 e. The van der Waals surface area contributed by atoms with Crippen LogP contribution in [0.4, 0.5) is 10.6 Å². The zero-order valence-electron chi connectivity index (χ0n) is 20.1. The molecule has 0 bridgehead atoms. The highest BCUT2D eigenvalue weighted by molar-refractivity contribution is 7.16. The summed E-state index contributed by atoms with van der Waals surface area (Å²) in [5, 5.41) is 18.9. The van der Waals surface area contributed by atoms with E-state index in [0.717, 1.165) is 16.8 Å². The Bertz CT molecular complexity index is 1300. The molecule has 2 saturated heterocycles. The fourth-order valence-corrected chi connectivity index (χ4v) is 5.57. The van der Waals surface area contributed by atoms with Crippen LogP contribution in [0.1, 0.15) is 36.7 Å². The van der Waals surface area contributed by atoms with Gasteiger partial charge in [0.25, 0.3) is 5.91 Å². The van der Waals surface area contributed by atoms with Crippen molar-refractivity contribution >= 4 is 39.9 Å². The number of anilines is 1. The number of carbonyl (C=O) groups excluding carboxylic acids is 2. The molecule has 0 aromatic carbocycles. The molecule has 190 valence electrons. The number of rotatable bonds is 5. The van der Waals surface area contributed by atoms with Gasteiger partial charge in [0.15, 0.2) is 5.82 Å². The monoisotopic (exact) mass is 512 g/mol. The van der Waals surface area contributed by atoms with Gasteiger partial charge in [-0.2, -0.15) is 5.10 Å². The number of nitrogens with one attached hydrogen (secondary N) is 1. The number of hydrogen-bond acceptors (Lipinski definition) is 8. The SMILES string of the molecule is CC(=O)N1CC[C@@H](Nc2cc(C(=O)N3CCC(N(C)C(=O)O)CC3)nc(-c3cnn4ccsc34)n2)C1. The molecule has 2 fully saturated rings. The number of likely N-dealkylation sites (tertiary alicyclic amines) is 2. The lowest BCUT2D eigenvalue weighted by Crippen LogP contribution is -2.47. The van der Waals surface area contributed by atoms with Gasteiger partial charge in [0.05, 0.1) is 11.8 Å². The molecule has 13 heteroatoms. The summed E-state index contributed by atoms with van der Waals surface area (Å²) in [6.45, 7) is 3.71. The topological polar surface area (TPSA) is 136 Å². The fraction of sp³-hybridized carbons (Fsp3) is 0.478. The largest absolute Gasteiger partial charge is 0.465 e. The number of carboxylic acid groups (broad SMARTS) is 1. The first-order chi connectivity index (χ1) is 17.3. The Morgan fingerprint density at radius 1 is 1.14 bits per heavy atom. The number of carbonyl (C=O) groups is 3. The first kappa shape index (κ1) is 24.0. The van der Waals surface area contributed by atoms with Gasteiger partial charge in [0.1, 0.15) is 16.3 Å². The number of nitrogens with zero attached hydrogens (tertiary/aromatic N) is 7. The normalized spacial score (nSPS) is 18.6. The van der Waals surface area contributed by atoms with Crippen molar-refractivity contribution in [1.82, 2.24) is 34.3 Å². The third-order valence-electron chi connectivity index (χ3n) is 6.90. The van der Waals surface area contributed by atoms with Crippen molar-refractivity contribution in [3.8, 4) is 11.4 Å². The van der Waals surface area contributed by atoms with Crippen molar-refractivity contribution in [2.45, 2.75) is 38.3 Å². The van der Waals surface area contributed by atoms with E-state index >= 15 is 0 Å². The molecule has 12 nitrogen and oxygen atoms in total. The first-order valence-corrected chi connectivity index (χ1v) is 12.8. The summed E-state index contributed by atoms with van der Waals surface area (Å²) in [4.78, 5) is 51.6. The van der Waals surface area contributed by atoms with Gasteiger partial charge in [0.2, 0.25) is 5.91 Å². The second-order valence-electron chi connectivity index (χ2n) is 9.18. The summed E-state index contributed by atoms with van der Waals surface area (Å²) in [5.74, 6) is 0.748. The van der Waals surface area contributed by atoms with Gasteiger partial charge >= 0.3 is 6.09 Å². The summed E-state index contributed by atoms with van der Waals surface area (Å²) in [6.07, 6.45) is 4.51. The maximum atomic E-state index is 13.5. The quantitative estimate of drug-likeness (QED) is 0.530. The lowest BCUT2D eigenvalue weighted by atomic mass is 10.0. The maximum Gasteiger partial charge on any atom is 0.407 e. The number of amides is 3. The lowest BCUT2D eigenvalue weighted by Gasteiger charge is -2.35. The van der Waals surface area contributed by atoms with E-state index in [-0.39, 0.29) is 29.6 Å². The van der Waals surface area contributed by atoms with Crippen molar-refractivity contribution in [1.29, 1.82) is 0 Å². The van der Waals surface area contributed by atoms with Crippen molar-refractivity contribution in [3.05, 3.63) is 29.5 Å². The molecule has 0 unspecified atom stereocenters. The van der Waals surface area contributed by atoms with Crippen LogP contribution in [0.2, 0.25) is 0 Å². The van der Waals surface area contributed by atoms with Gasteiger partial charge in [-0.25, -0.2) is 19.3 Å². The van der Waals surface area contributed by atoms with Gasteiger partial charge < -0.3 is 25.1 Å². The standard InChI is InChI=1S/C23H28N8O4S/c1-14(32)30-6-3-15(13-30)25-19-11-18(21(33)29-7-4-16(5-8-29)28(2)23(34)35)26-20(27-19)17-12-24-31-9-10-36-22(17)31/h9-12,15-16H,3-8,13H2,1-2H3,(H,34,35)(H,25,26,27)/t15-/m1/s1. The van der Waals surface area contributed by atoms with E-state index in [1.165, 1.54) is 16.2 Å². The molecule has 3 aromatic rings. The molecule has 1 atom stereocenters. The Kier molecular flexibility index (Phi) is 6.48. The highest BCUT2D eigenvalue weighted by Crippen LogP contribution is 2.28. The first-order valence-electron chi connectivity index (χ1n) is 11.9. The minimum absolute atomic E-state index is 0.0239. The van der Waals surface area contributed by atoms with Crippen molar-refractivity contribution in [3.63, 3.8) is 0 Å². The Balaban J connectivity index is 1.41. The Labute approximate surface area is 211 Å². The summed E-state index contributed by atoms with van der Waals surface area (Å²) in [6, 6.07) is 1.57. The number of piperidine rings is 1. The molecule has 0 saturated carbocycles. The molecule has 2 aliphatic heterocycles. The molecule has 0 spiro atoms. The van der Waals surface area contributed by atoms with Crippen LogP contribution in [-0.4, -0.2) is 103 Å². The highest BCUT2D eigenvalue weighted by Gasteiger charge is 2.30. The Morgan fingerprint density at radius 2 is 1.89 bits per heavy atom. The summed E-state index contributed by atoms with van der Waals surface area (Å²) < 4.78 is 1.75. The van der Waals surface area contributed by atoms with Crippen molar-refractivity contribution < 1.29 is 19.5 Å². The molecule has 2 N–H and O–H groups in total. The van der Waals surface area contributed by atoms with Crippen LogP contribution >= 0.6 is 11.3 Å². The van der Waals surface area contributed by atoms with E-state index in [0.29, 0.717) is 50.7 Å². The van der Waals surface area contributed by atoms with Crippen LogP contribution in [-0.2, 0) is 4.79 Å². The van der Waals surface area contributed by atoms with Gasteiger partial charge in [-0.15, -0.1) is 11.3 Å². The van der Waals surface area contributed by atoms with E-state index in [9.17, 15) is 19.5 Å². The van der Waals surface area contributed by atoms with Crippen LogP contribution < -0.4 is 5.32 Å². The second kappa shape index (κ2) is 9.72. The number of fused-ring (bicyclic) bond motifs is 1. The smallest absolute Gasteiger partial charge is 0.407 e. The fourth-order valence-electron chi connectivity index (χ4n) is 4.78. The van der Waals surface area contributed by atoms with E-state index in [4.69, 9.17) is 4.98 Å². The third-order valence-corrected chi connectivity index (χ3v) is 7.79. The van der Waals surface area contributed by atoms with Gasteiger partial charge in [0, 0.05) is 69.9 Å². The molecular weight excluding hydrogens is 484 g/mol. The second-order valence-corrected chi connectivity index (χ2v) is 10.1. The summed E-state index contributed by atoms with van der Waals surface area (Å²) in [5.41, 5.74) is 1.01. The molecule has 3 aromatic heterocycles. The van der Waals surface area contributed by atoms with Crippen LogP contribution in [0.3, 0.4) is 0 Å². The van der Waals surface area contributed by atoms with E-state index in [2.05, 4.69) is 15.4 Å². The van der Waals surface area contributed by atoms with Gasteiger partial charge in [-0.05, 0) is 19.3 Å². The van der Waals surface area contributed by atoms with Gasteiger partial charge in [-0.3, -0.25) is 9.59 Å². The van der Waals surface area contributed by atoms with E-state index < -0.39 is 6.09 Å². The lowest BCUT2D eigenvalue weighted by molar-refractivity contribution is -0.127.